The molecule has 0 aliphatic rings. The van der Waals surface area contributed by atoms with Gasteiger partial charge in [-0.25, -0.2) is 13.1 Å². The number of nitrogens with one attached hydrogen (secondary N) is 1. The van der Waals surface area contributed by atoms with Crippen molar-refractivity contribution in [1.29, 1.82) is 0 Å². The predicted molar refractivity (Wildman–Crippen MR) is 73.5 cm³/mol. The summed E-state index contributed by atoms with van der Waals surface area (Å²) in [4.78, 5) is 0.00639. The Morgan fingerprint density at radius 2 is 2.06 bits per heavy atom. The number of sulfonamides is 1. The van der Waals surface area contributed by atoms with Gasteiger partial charge in [-0.2, -0.15) is 0 Å². The van der Waals surface area contributed by atoms with Crippen LogP contribution in [0.15, 0.2) is 0 Å². The highest BCUT2D eigenvalue weighted by Gasteiger charge is 2.25. The molecule has 3 N–H and O–H groups in total. The first kappa shape index (κ1) is 16.8. The van der Waals surface area contributed by atoms with Crippen LogP contribution < -0.4 is 10.5 Å². The molecule has 0 fully saturated rings. The molecule has 0 saturated carbocycles. The van der Waals surface area contributed by atoms with Crippen molar-refractivity contribution in [3.05, 3.63) is 0 Å². The van der Waals surface area contributed by atoms with E-state index in [2.05, 4.69) is 11.6 Å². The summed E-state index contributed by atoms with van der Waals surface area (Å²) in [6.07, 6.45) is 2.42. The Labute approximate surface area is 109 Å². The molecule has 0 aromatic heterocycles. The zero-order chi connectivity index (χ0) is 13.3. The number of rotatable bonds is 10. The van der Waals surface area contributed by atoms with E-state index in [1.165, 1.54) is 0 Å². The minimum Gasteiger partial charge on any atom is -0.392 e. The van der Waals surface area contributed by atoms with E-state index in [0.29, 0.717) is 19.6 Å². The predicted octanol–water partition coefficient (Wildman–Crippen LogP) is 0.787. The summed E-state index contributed by atoms with van der Waals surface area (Å²) in [6, 6.07) is 0. The summed E-state index contributed by atoms with van der Waals surface area (Å²) in [5.41, 5.74) is 5.38. The molecule has 0 spiro atoms. The lowest BCUT2D eigenvalue weighted by atomic mass is 10.3. The Morgan fingerprint density at radius 1 is 1.41 bits per heavy atom. The Kier molecular flexibility index (Phi) is 8.67. The van der Waals surface area contributed by atoms with Gasteiger partial charge in [0, 0.05) is 13.2 Å². The molecule has 102 valence electrons. The van der Waals surface area contributed by atoms with Crippen LogP contribution >= 0.6 is 12.2 Å². The van der Waals surface area contributed by atoms with E-state index >= 15 is 0 Å². The number of hydrogen-bond donors (Lipinski definition) is 2. The summed E-state index contributed by atoms with van der Waals surface area (Å²) in [5.74, 6) is 0. The maximum absolute atomic E-state index is 11.8. The maximum Gasteiger partial charge on any atom is 0.221 e. The van der Waals surface area contributed by atoms with E-state index in [1.54, 1.807) is 6.92 Å². The van der Waals surface area contributed by atoms with Crippen molar-refractivity contribution in [2.24, 2.45) is 5.73 Å². The average molecular weight is 282 g/mol. The Hall–Kier alpha value is -0.240. The minimum atomic E-state index is -3.46. The normalized spacial score (nSPS) is 13.5. The van der Waals surface area contributed by atoms with Gasteiger partial charge in [0.25, 0.3) is 0 Å². The molecule has 1 atom stereocenters. The first-order valence-corrected chi connectivity index (χ1v) is 7.76. The third-order valence-electron chi connectivity index (χ3n) is 2.25. The molecule has 0 aliphatic carbocycles. The van der Waals surface area contributed by atoms with Crippen molar-refractivity contribution in [3.63, 3.8) is 0 Å². The van der Waals surface area contributed by atoms with Crippen LogP contribution in [-0.2, 0) is 14.8 Å². The molecule has 1 unspecified atom stereocenters. The van der Waals surface area contributed by atoms with E-state index in [1.807, 2.05) is 0 Å². The fourth-order valence-electron chi connectivity index (χ4n) is 1.28. The smallest absolute Gasteiger partial charge is 0.221 e. The van der Waals surface area contributed by atoms with Gasteiger partial charge in [0.1, 0.15) is 5.25 Å². The highest BCUT2D eigenvalue weighted by molar-refractivity contribution is 7.93. The number of ether oxygens (including phenoxy) is 1. The number of unbranched alkanes of at least 4 members (excludes halogenated alkanes) is 1. The fraction of sp³-hybridized carbons (Fsp3) is 0.900. The summed E-state index contributed by atoms with van der Waals surface area (Å²) >= 11 is 4.73. The van der Waals surface area contributed by atoms with E-state index in [0.717, 1.165) is 12.8 Å². The molecule has 0 saturated heterocycles. The van der Waals surface area contributed by atoms with Gasteiger partial charge in [0.2, 0.25) is 10.0 Å². The number of hydrogen-bond acceptors (Lipinski definition) is 4. The fourth-order valence-corrected chi connectivity index (χ4v) is 3.14. The molecule has 0 amide bonds. The Bertz CT molecular complexity index is 318. The second-order valence-corrected chi connectivity index (χ2v) is 6.12. The van der Waals surface area contributed by atoms with Crippen molar-refractivity contribution in [2.45, 2.75) is 38.4 Å². The van der Waals surface area contributed by atoms with Gasteiger partial charge in [-0.3, -0.25) is 0 Å². The zero-order valence-electron chi connectivity index (χ0n) is 10.4. The number of thiocarbonyl (C=S) groups is 1. The molecule has 0 rings (SSSR count). The average Bonchev–Trinajstić information content (AvgIpc) is 2.23. The topological polar surface area (TPSA) is 81.4 Å². The van der Waals surface area contributed by atoms with Crippen LogP contribution in [0.2, 0.25) is 0 Å². The minimum absolute atomic E-state index is 0.00639. The maximum atomic E-state index is 11.8. The van der Waals surface area contributed by atoms with Gasteiger partial charge in [0.15, 0.2) is 0 Å². The molecule has 0 aromatic rings. The van der Waals surface area contributed by atoms with Gasteiger partial charge in [0.05, 0.1) is 11.6 Å². The van der Waals surface area contributed by atoms with Crippen LogP contribution in [0.25, 0.3) is 0 Å². The summed E-state index contributed by atoms with van der Waals surface area (Å²) < 4.78 is 31.2. The van der Waals surface area contributed by atoms with E-state index < -0.39 is 15.3 Å². The molecule has 5 nitrogen and oxygen atoms in total. The van der Waals surface area contributed by atoms with Crippen LogP contribution in [0.5, 0.6) is 0 Å². The van der Waals surface area contributed by atoms with Crippen molar-refractivity contribution in [3.8, 4) is 0 Å². The molecule has 0 bridgehead atoms. The summed E-state index contributed by atoms with van der Waals surface area (Å²) in [7, 11) is -3.46. The van der Waals surface area contributed by atoms with Crippen molar-refractivity contribution < 1.29 is 13.2 Å². The van der Waals surface area contributed by atoms with Crippen LogP contribution in [0.1, 0.15) is 33.1 Å². The van der Waals surface area contributed by atoms with Crippen LogP contribution in [0.3, 0.4) is 0 Å². The highest BCUT2D eigenvalue weighted by Crippen LogP contribution is 2.04. The molecular weight excluding hydrogens is 260 g/mol. The molecule has 0 aromatic carbocycles. The SMILES string of the molecule is CCCCOCCNS(=O)(=O)C(CC)C(N)=S. The largest absolute Gasteiger partial charge is 0.392 e. The van der Waals surface area contributed by atoms with Gasteiger partial charge in [-0.15, -0.1) is 0 Å². The lowest BCUT2D eigenvalue weighted by Crippen LogP contribution is -2.42. The molecule has 7 heteroatoms. The summed E-state index contributed by atoms with van der Waals surface area (Å²) in [6.45, 7) is 5.09. The Balaban J connectivity index is 3.97. The van der Waals surface area contributed by atoms with Crippen LogP contribution in [0.4, 0.5) is 0 Å². The van der Waals surface area contributed by atoms with Gasteiger partial charge >= 0.3 is 0 Å². The third kappa shape index (κ3) is 6.92. The quantitative estimate of drug-likeness (QED) is 0.457. The van der Waals surface area contributed by atoms with E-state index in [9.17, 15) is 8.42 Å². The summed E-state index contributed by atoms with van der Waals surface area (Å²) in [5, 5.41) is -0.798. The molecule has 0 heterocycles. The first-order valence-electron chi connectivity index (χ1n) is 5.81. The third-order valence-corrected chi connectivity index (χ3v) is 4.63. The zero-order valence-corrected chi connectivity index (χ0v) is 12.1. The van der Waals surface area contributed by atoms with Crippen molar-refractivity contribution in [2.75, 3.05) is 19.8 Å². The molecule has 0 radical (unpaired) electrons. The van der Waals surface area contributed by atoms with Crippen LogP contribution in [0, 0.1) is 0 Å². The lowest BCUT2D eigenvalue weighted by Gasteiger charge is -2.15. The standard InChI is InChI=1S/C10H22N2O3S2/c1-3-5-7-15-8-6-12-17(13,14)9(4-2)10(11)16/h9,12H,3-8H2,1-2H3,(H2,11,16). The van der Waals surface area contributed by atoms with Gasteiger partial charge in [-0.1, -0.05) is 32.5 Å². The van der Waals surface area contributed by atoms with Crippen molar-refractivity contribution in [1.82, 2.24) is 4.72 Å². The molecule has 0 aliphatic heterocycles. The number of nitrogens with two attached hydrogens (primary N) is 1. The van der Waals surface area contributed by atoms with Crippen LogP contribution in [-0.4, -0.2) is 38.4 Å². The van der Waals surface area contributed by atoms with E-state index in [-0.39, 0.29) is 11.5 Å². The monoisotopic (exact) mass is 282 g/mol. The van der Waals surface area contributed by atoms with E-state index in [4.69, 9.17) is 22.7 Å². The van der Waals surface area contributed by atoms with Gasteiger partial charge in [-0.05, 0) is 12.8 Å². The first-order chi connectivity index (χ1) is 7.95. The second-order valence-electron chi connectivity index (χ2n) is 3.70. The molecule has 17 heavy (non-hydrogen) atoms. The van der Waals surface area contributed by atoms with Crippen molar-refractivity contribution >= 4 is 27.2 Å². The van der Waals surface area contributed by atoms with Gasteiger partial charge < -0.3 is 10.5 Å². The highest BCUT2D eigenvalue weighted by atomic mass is 32.2. The Morgan fingerprint density at radius 3 is 2.53 bits per heavy atom. The second kappa shape index (κ2) is 8.79. The lowest BCUT2D eigenvalue weighted by molar-refractivity contribution is 0.136. The molecular formula is C10H22N2O3S2.